The molecule has 0 spiro atoms. The fourth-order valence-electron chi connectivity index (χ4n) is 2.66. The molecule has 100 valence electrons. The maximum Gasteiger partial charge on any atom is 0.00769 e. The van der Waals surface area contributed by atoms with E-state index in [2.05, 4.69) is 55.7 Å². The molecule has 0 bridgehead atoms. The van der Waals surface area contributed by atoms with Gasteiger partial charge in [0.25, 0.3) is 0 Å². The molecule has 1 aromatic carbocycles. The van der Waals surface area contributed by atoms with Crippen molar-refractivity contribution >= 4 is 0 Å². The van der Waals surface area contributed by atoms with Gasteiger partial charge in [0.2, 0.25) is 0 Å². The Labute approximate surface area is 111 Å². The van der Waals surface area contributed by atoms with Gasteiger partial charge in [0.15, 0.2) is 0 Å². The lowest BCUT2D eigenvalue weighted by atomic mass is 9.83. The van der Waals surface area contributed by atoms with Gasteiger partial charge in [-0.05, 0) is 28.9 Å². The predicted molar refractivity (Wildman–Crippen MR) is 78.1 cm³/mol. The summed E-state index contributed by atoms with van der Waals surface area (Å²) in [5.41, 5.74) is 3.21. The van der Waals surface area contributed by atoms with Crippen LogP contribution in [0.3, 0.4) is 0 Å². The summed E-state index contributed by atoms with van der Waals surface area (Å²) in [6.07, 6.45) is 1.14. The number of rotatable bonds is 3. The van der Waals surface area contributed by atoms with Crippen LogP contribution in [-0.4, -0.2) is 26.2 Å². The Balaban J connectivity index is 2.03. The average molecular weight is 246 g/mol. The van der Waals surface area contributed by atoms with Crippen LogP contribution in [0.1, 0.15) is 37.8 Å². The van der Waals surface area contributed by atoms with E-state index in [1.54, 1.807) is 0 Å². The molecule has 1 aliphatic heterocycles. The Hall–Kier alpha value is -0.860. The van der Waals surface area contributed by atoms with E-state index in [0.717, 1.165) is 32.6 Å². The second-order valence-electron chi connectivity index (χ2n) is 6.24. The Morgan fingerprint density at radius 2 is 1.61 bits per heavy atom. The first-order valence-electron chi connectivity index (χ1n) is 7.09. The van der Waals surface area contributed by atoms with Gasteiger partial charge in [-0.2, -0.15) is 0 Å². The van der Waals surface area contributed by atoms with Crippen LogP contribution in [0.15, 0.2) is 24.3 Å². The van der Waals surface area contributed by atoms with E-state index >= 15 is 0 Å². The Morgan fingerprint density at radius 1 is 1.06 bits per heavy atom. The Bertz CT molecular complexity index is 359. The molecule has 1 heterocycles. The molecule has 18 heavy (non-hydrogen) atoms. The van der Waals surface area contributed by atoms with E-state index in [4.69, 9.17) is 0 Å². The molecule has 0 unspecified atom stereocenters. The van der Waals surface area contributed by atoms with E-state index in [0.29, 0.717) is 11.3 Å². The van der Waals surface area contributed by atoms with Gasteiger partial charge in [0, 0.05) is 26.2 Å². The molecule has 2 heteroatoms. The van der Waals surface area contributed by atoms with Gasteiger partial charge in [0.1, 0.15) is 0 Å². The first-order chi connectivity index (χ1) is 8.59. The number of hydrogen-bond donors (Lipinski definition) is 2. The second kappa shape index (κ2) is 5.85. The largest absolute Gasteiger partial charge is 0.315 e. The highest BCUT2D eigenvalue weighted by Gasteiger charge is 2.25. The van der Waals surface area contributed by atoms with E-state index in [-0.39, 0.29) is 0 Å². The molecular formula is C16H26N2. The zero-order valence-corrected chi connectivity index (χ0v) is 11.9. The van der Waals surface area contributed by atoms with E-state index in [9.17, 15) is 0 Å². The zero-order chi connectivity index (χ0) is 13.0. The van der Waals surface area contributed by atoms with Gasteiger partial charge < -0.3 is 10.6 Å². The van der Waals surface area contributed by atoms with Crippen LogP contribution in [0, 0.1) is 5.41 Å². The summed E-state index contributed by atoms with van der Waals surface area (Å²) in [6, 6.07) is 9.15. The molecule has 1 aliphatic rings. The molecule has 0 aromatic heterocycles. The van der Waals surface area contributed by atoms with Crippen molar-refractivity contribution in [1.82, 2.24) is 10.6 Å². The highest BCUT2D eigenvalue weighted by molar-refractivity contribution is 5.25. The Kier molecular flexibility index (Phi) is 4.41. The van der Waals surface area contributed by atoms with Crippen LogP contribution in [0.4, 0.5) is 0 Å². The topological polar surface area (TPSA) is 24.1 Å². The molecule has 2 N–H and O–H groups in total. The monoisotopic (exact) mass is 246 g/mol. The molecule has 1 aromatic rings. The van der Waals surface area contributed by atoms with Crippen LogP contribution in [0.2, 0.25) is 0 Å². The van der Waals surface area contributed by atoms with Crippen LogP contribution in [0.25, 0.3) is 0 Å². The molecule has 0 aliphatic carbocycles. The molecule has 0 amide bonds. The standard InChI is InChI=1S/C16H26N2/c1-13(2)15-6-4-14(5-7-15)10-16(3)11-17-8-9-18-12-16/h4-7,13,17-18H,8-12H2,1-3H3. The SMILES string of the molecule is CC(C)c1ccc(CC2(C)CNCCNC2)cc1. The highest BCUT2D eigenvalue weighted by Crippen LogP contribution is 2.23. The summed E-state index contributed by atoms with van der Waals surface area (Å²) in [5.74, 6) is 0.621. The third-order valence-corrected chi connectivity index (χ3v) is 3.86. The van der Waals surface area contributed by atoms with Crippen molar-refractivity contribution in [3.8, 4) is 0 Å². The lowest BCUT2D eigenvalue weighted by molar-refractivity contribution is 0.315. The van der Waals surface area contributed by atoms with Crippen LogP contribution < -0.4 is 10.6 Å². The normalized spacial score (nSPS) is 19.8. The number of benzene rings is 1. The number of nitrogens with one attached hydrogen (secondary N) is 2. The summed E-state index contributed by atoms with van der Waals surface area (Å²) in [7, 11) is 0. The van der Waals surface area contributed by atoms with Crippen molar-refractivity contribution in [3.05, 3.63) is 35.4 Å². The lowest BCUT2D eigenvalue weighted by Crippen LogP contribution is -2.37. The summed E-state index contributed by atoms with van der Waals surface area (Å²) in [4.78, 5) is 0. The summed E-state index contributed by atoms with van der Waals surface area (Å²) in [5, 5.41) is 7.05. The van der Waals surface area contributed by atoms with Crippen LogP contribution in [0.5, 0.6) is 0 Å². The summed E-state index contributed by atoms with van der Waals surface area (Å²) < 4.78 is 0. The second-order valence-corrected chi connectivity index (χ2v) is 6.24. The molecule has 1 saturated heterocycles. The van der Waals surface area contributed by atoms with Crippen molar-refractivity contribution in [2.24, 2.45) is 5.41 Å². The zero-order valence-electron chi connectivity index (χ0n) is 11.9. The smallest absolute Gasteiger partial charge is 0.00769 e. The van der Waals surface area contributed by atoms with E-state index in [1.165, 1.54) is 11.1 Å². The van der Waals surface area contributed by atoms with Gasteiger partial charge in [0.05, 0.1) is 0 Å². The lowest BCUT2D eigenvalue weighted by Gasteiger charge is -2.28. The summed E-state index contributed by atoms with van der Waals surface area (Å²) >= 11 is 0. The fraction of sp³-hybridized carbons (Fsp3) is 0.625. The first kappa shape index (κ1) is 13.6. The predicted octanol–water partition coefficient (Wildman–Crippen LogP) is 2.55. The average Bonchev–Trinajstić information content (AvgIpc) is 2.55. The summed E-state index contributed by atoms with van der Waals surface area (Å²) in [6.45, 7) is 11.2. The maximum absolute atomic E-state index is 3.53. The molecule has 0 saturated carbocycles. The Morgan fingerprint density at radius 3 is 2.11 bits per heavy atom. The maximum atomic E-state index is 3.53. The molecule has 1 fully saturated rings. The van der Waals surface area contributed by atoms with Gasteiger partial charge in [-0.15, -0.1) is 0 Å². The fourth-order valence-corrected chi connectivity index (χ4v) is 2.66. The quantitative estimate of drug-likeness (QED) is 0.856. The molecule has 0 atom stereocenters. The van der Waals surface area contributed by atoms with Crippen LogP contribution in [-0.2, 0) is 6.42 Å². The first-order valence-corrected chi connectivity index (χ1v) is 7.09. The third kappa shape index (κ3) is 3.56. The third-order valence-electron chi connectivity index (χ3n) is 3.86. The van der Waals surface area contributed by atoms with Crippen molar-refractivity contribution in [1.29, 1.82) is 0 Å². The van der Waals surface area contributed by atoms with Crippen LogP contribution >= 0.6 is 0 Å². The minimum atomic E-state index is 0.329. The minimum Gasteiger partial charge on any atom is -0.315 e. The molecular weight excluding hydrogens is 220 g/mol. The van der Waals surface area contributed by atoms with Crippen molar-refractivity contribution in [3.63, 3.8) is 0 Å². The van der Waals surface area contributed by atoms with E-state index < -0.39 is 0 Å². The van der Waals surface area contributed by atoms with Gasteiger partial charge in [-0.1, -0.05) is 45.0 Å². The van der Waals surface area contributed by atoms with Gasteiger partial charge in [-0.25, -0.2) is 0 Å². The van der Waals surface area contributed by atoms with Crippen molar-refractivity contribution in [2.75, 3.05) is 26.2 Å². The highest BCUT2D eigenvalue weighted by atomic mass is 15.0. The van der Waals surface area contributed by atoms with Gasteiger partial charge in [-0.3, -0.25) is 0 Å². The molecule has 2 nitrogen and oxygen atoms in total. The van der Waals surface area contributed by atoms with Crippen molar-refractivity contribution in [2.45, 2.75) is 33.1 Å². The van der Waals surface area contributed by atoms with Gasteiger partial charge >= 0.3 is 0 Å². The minimum absolute atomic E-state index is 0.329. The number of hydrogen-bond acceptors (Lipinski definition) is 2. The molecule has 0 radical (unpaired) electrons. The van der Waals surface area contributed by atoms with Crippen molar-refractivity contribution < 1.29 is 0 Å². The molecule has 2 rings (SSSR count). The van der Waals surface area contributed by atoms with E-state index in [1.807, 2.05) is 0 Å².